The minimum Gasteiger partial charge on any atom is -0.399 e. The number of hydrogen-bond donors (Lipinski definition) is 1. The number of anilines is 1. The first-order chi connectivity index (χ1) is 9.56. The van der Waals surface area contributed by atoms with Crippen LogP contribution < -0.4 is 5.73 Å². The third-order valence-electron chi connectivity index (χ3n) is 3.88. The standard InChI is InChI=1S/C15H21N3O2/c1-5-15(6-2,19-4)14-17-13(20-18-14)11-7-8-12(16)10(3)9-11/h7-9H,5-6,16H2,1-4H3. The first-order valence-electron chi connectivity index (χ1n) is 6.82. The van der Waals surface area contributed by atoms with Crippen molar-refractivity contribution in [1.82, 2.24) is 10.1 Å². The SMILES string of the molecule is CCC(CC)(OC)c1noc(-c2ccc(N)c(C)c2)n1. The van der Waals surface area contributed by atoms with E-state index in [0.717, 1.165) is 29.7 Å². The lowest BCUT2D eigenvalue weighted by atomic mass is 9.96. The summed E-state index contributed by atoms with van der Waals surface area (Å²) < 4.78 is 11.0. The van der Waals surface area contributed by atoms with Gasteiger partial charge >= 0.3 is 0 Å². The van der Waals surface area contributed by atoms with Gasteiger partial charge in [-0.3, -0.25) is 0 Å². The number of nitrogens with two attached hydrogens (primary N) is 1. The molecule has 0 bridgehead atoms. The van der Waals surface area contributed by atoms with Crippen molar-refractivity contribution in [3.8, 4) is 11.5 Å². The first kappa shape index (κ1) is 14.5. The predicted octanol–water partition coefficient (Wildman–Crippen LogP) is 3.29. The Morgan fingerprint density at radius 3 is 2.55 bits per heavy atom. The van der Waals surface area contributed by atoms with Gasteiger partial charge < -0.3 is 15.0 Å². The Hall–Kier alpha value is -1.88. The van der Waals surface area contributed by atoms with Crippen LogP contribution in [0.1, 0.15) is 38.1 Å². The Balaban J connectivity index is 2.39. The molecule has 0 aliphatic heterocycles. The lowest BCUT2D eigenvalue weighted by Crippen LogP contribution is -2.28. The maximum absolute atomic E-state index is 5.82. The van der Waals surface area contributed by atoms with Gasteiger partial charge in [0.25, 0.3) is 5.89 Å². The number of nitrogen functional groups attached to an aromatic ring is 1. The van der Waals surface area contributed by atoms with Crippen LogP contribution in [-0.4, -0.2) is 17.3 Å². The smallest absolute Gasteiger partial charge is 0.258 e. The Kier molecular flexibility index (Phi) is 4.09. The van der Waals surface area contributed by atoms with Crippen LogP contribution in [0.25, 0.3) is 11.5 Å². The van der Waals surface area contributed by atoms with Crippen LogP contribution in [0.4, 0.5) is 5.69 Å². The van der Waals surface area contributed by atoms with Crippen LogP contribution in [0.15, 0.2) is 22.7 Å². The molecule has 0 saturated carbocycles. The van der Waals surface area contributed by atoms with Crippen molar-refractivity contribution >= 4 is 5.69 Å². The zero-order valence-corrected chi connectivity index (χ0v) is 12.4. The number of ether oxygens (including phenoxy) is 1. The minimum atomic E-state index is -0.482. The van der Waals surface area contributed by atoms with E-state index in [0.29, 0.717) is 11.7 Å². The van der Waals surface area contributed by atoms with Crippen molar-refractivity contribution in [3.05, 3.63) is 29.6 Å². The average molecular weight is 275 g/mol. The fourth-order valence-corrected chi connectivity index (χ4v) is 2.28. The number of hydrogen-bond acceptors (Lipinski definition) is 5. The summed E-state index contributed by atoms with van der Waals surface area (Å²) in [6.07, 6.45) is 1.58. The molecule has 0 atom stereocenters. The van der Waals surface area contributed by atoms with Gasteiger partial charge in [0.05, 0.1) is 0 Å². The van der Waals surface area contributed by atoms with Gasteiger partial charge in [-0.1, -0.05) is 19.0 Å². The lowest BCUT2D eigenvalue weighted by molar-refractivity contribution is -0.0306. The number of nitrogens with zero attached hydrogens (tertiary/aromatic N) is 2. The van der Waals surface area contributed by atoms with E-state index < -0.39 is 5.60 Å². The molecule has 0 radical (unpaired) electrons. The van der Waals surface area contributed by atoms with E-state index in [4.69, 9.17) is 15.0 Å². The maximum Gasteiger partial charge on any atom is 0.258 e. The Bertz CT molecular complexity index is 580. The summed E-state index contributed by atoms with van der Waals surface area (Å²) in [6, 6.07) is 5.67. The summed E-state index contributed by atoms with van der Waals surface area (Å²) in [5.41, 5.74) is 7.95. The van der Waals surface area contributed by atoms with Crippen molar-refractivity contribution in [1.29, 1.82) is 0 Å². The third kappa shape index (κ3) is 2.41. The second-order valence-corrected chi connectivity index (χ2v) is 4.90. The van der Waals surface area contributed by atoms with Crippen molar-refractivity contribution in [2.75, 3.05) is 12.8 Å². The van der Waals surface area contributed by atoms with Gasteiger partial charge in [0, 0.05) is 18.4 Å². The van der Waals surface area contributed by atoms with Gasteiger partial charge in [0.15, 0.2) is 0 Å². The zero-order valence-electron chi connectivity index (χ0n) is 12.4. The molecule has 2 aromatic rings. The topological polar surface area (TPSA) is 74.2 Å². The lowest BCUT2D eigenvalue weighted by Gasteiger charge is -2.25. The molecule has 5 nitrogen and oxygen atoms in total. The third-order valence-corrected chi connectivity index (χ3v) is 3.88. The van der Waals surface area contributed by atoms with Crippen LogP contribution in [0.3, 0.4) is 0 Å². The molecule has 2 rings (SSSR count). The molecule has 108 valence electrons. The highest BCUT2D eigenvalue weighted by atomic mass is 16.5. The van der Waals surface area contributed by atoms with Crippen molar-refractivity contribution in [3.63, 3.8) is 0 Å². The summed E-state index contributed by atoms with van der Waals surface area (Å²) >= 11 is 0. The van der Waals surface area contributed by atoms with Crippen LogP contribution in [0.5, 0.6) is 0 Å². The molecule has 0 saturated heterocycles. The van der Waals surface area contributed by atoms with Crippen LogP contribution in [0, 0.1) is 6.92 Å². The highest BCUT2D eigenvalue weighted by Gasteiger charge is 2.33. The fourth-order valence-electron chi connectivity index (χ4n) is 2.28. The number of methoxy groups -OCH3 is 1. The highest BCUT2D eigenvalue weighted by molar-refractivity contribution is 5.60. The molecule has 0 fully saturated rings. The molecule has 20 heavy (non-hydrogen) atoms. The van der Waals surface area contributed by atoms with E-state index >= 15 is 0 Å². The highest BCUT2D eigenvalue weighted by Crippen LogP contribution is 2.32. The Labute approximate surface area is 119 Å². The molecular formula is C15H21N3O2. The molecular weight excluding hydrogens is 254 g/mol. The van der Waals surface area contributed by atoms with E-state index in [1.165, 1.54) is 0 Å². The summed E-state index contributed by atoms with van der Waals surface area (Å²) in [5, 5.41) is 4.09. The quantitative estimate of drug-likeness (QED) is 0.847. The van der Waals surface area contributed by atoms with Gasteiger partial charge in [-0.05, 0) is 43.5 Å². The second-order valence-electron chi connectivity index (χ2n) is 4.90. The number of benzene rings is 1. The second kappa shape index (κ2) is 5.63. The van der Waals surface area contributed by atoms with E-state index in [-0.39, 0.29) is 0 Å². The van der Waals surface area contributed by atoms with Crippen LogP contribution in [-0.2, 0) is 10.3 Å². The summed E-state index contributed by atoms with van der Waals surface area (Å²) in [4.78, 5) is 4.49. The summed E-state index contributed by atoms with van der Waals surface area (Å²) in [6.45, 7) is 6.06. The molecule has 0 amide bonds. The van der Waals surface area contributed by atoms with Gasteiger partial charge in [0.1, 0.15) is 5.60 Å². The van der Waals surface area contributed by atoms with Gasteiger partial charge in [-0.2, -0.15) is 4.98 Å². The molecule has 1 heterocycles. The summed E-state index contributed by atoms with van der Waals surface area (Å²) in [5.74, 6) is 1.08. The van der Waals surface area contributed by atoms with Gasteiger partial charge in [-0.25, -0.2) is 0 Å². The Morgan fingerprint density at radius 2 is 2.00 bits per heavy atom. The van der Waals surface area contributed by atoms with Crippen LogP contribution in [0.2, 0.25) is 0 Å². The summed E-state index contributed by atoms with van der Waals surface area (Å²) in [7, 11) is 1.68. The van der Waals surface area contributed by atoms with E-state index in [2.05, 4.69) is 24.0 Å². The molecule has 0 spiro atoms. The zero-order chi connectivity index (χ0) is 14.8. The average Bonchev–Trinajstić information content (AvgIpc) is 2.95. The normalized spacial score (nSPS) is 11.8. The van der Waals surface area contributed by atoms with Crippen molar-refractivity contribution in [2.24, 2.45) is 0 Å². The molecule has 1 aromatic carbocycles. The predicted molar refractivity (Wildman–Crippen MR) is 78.2 cm³/mol. The molecule has 0 unspecified atom stereocenters. The maximum atomic E-state index is 5.82. The molecule has 5 heteroatoms. The van der Waals surface area contributed by atoms with E-state index in [9.17, 15) is 0 Å². The number of aryl methyl sites for hydroxylation is 1. The van der Waals surface area contributed by atoms with Crippen LogP contribution >= 0.6 is 0 Å². The number of rotatable bonds is 5. The monoisotopic (exact) mass is 275 g/mol. The van der Waals surface area contributed by atoms with Gasteiger partial charge in [0.2, 0.25) is 5.82 Å². The minimum absolute atomic E-state index is 0.482. The molecule has 0 aliphatic carbocycles. The number of aromatic nitrogens is 2. The van der Waals surface area contributed by atoms with E-state index in [1.54, 1.807) is 7.11 Å². The first-order valence-corrected chi connectivity index (χ1v) is 6.82. The van der Waals surface area contributed by atoms with E-state index in [1.807, 2.05) is 25.1 Å². The Morgan fingerprint density at radius 1 is 1.30 bits per heavy atom. The van der Waals surface area contributed by atoms with Gasteiger partial charge in [-0.15, -0.1) is 0 Å². The van der Waals surface area contributed by atoms with Crippen molar-refractivity contribution < 1.29 is 9.26 Å². The molecule has 0 aliphatic rings. The largest absolute Gasteiger partial charge is 0.399 e. The fraction of sp³-hybridized carbons (Fsp3) is 0.467. The van der Waals surface area contributed by atoms with Crippen molar-refractivity contribution in [2.45, 2.75) is 39.2 Å². The molecule has 2 N–H and O–H groups in total. The molecule has 1 aromatic heterocycles.